The summed E-state index contributed by atoms with van der Waals surface area (Å²) in [5, 5.41) is 13.8. The molecule has 1 atom stereocenters. The molecule has 0 bridgehead atoms. The van der Waals surface area contributed by atoms with Crippen LogP contribution in [0.1, 0.15) is 46.4 Å². The number of carbonyl (C=O) groups excluding carboxylic acids is 2. The first kappa shape index (κ1) is 27.8. The van der Waals surface area contributed by atoms with Gasteiger partial charge in [-0.2, -0.15) is 0 Å². The summed E-state index contributed by atoms with van der Waals surface area (Å²) in [6.45, 7) is 6.70. The summed E-state index contributed by atoms with van der Waals surface area (Å²) in [6.07, 6.45) is 1.79. The fourth-order valence-corrected chi connectivity index (χ4v) is 4.27. The highest BCUT2D eigenvalue weighted by atomic mass is 16.6. The summed E-state index contributed by atoms with van der Waals surface area (Å²) in [6, 6.07) is 0. The van der Waals surface area contributed by atoms with Gasteiger partial charge < -0.3 is 29.7 Å². The van der Waals surface area contributed by atoms with E-state index in [-0.39, 0.29) is 42.0 Å². The Morgan fingerprint density at radius 1 is 1.12 bits per heavy atom. The van der Waals surface area contributed by atoms with Gasteiger partial charge in [0.05, 0.1) is 5.41 Å². The van der Waals surface area contributed by atoms with Crippen molar-refractivity contribution in [2.45, 2.75) is 46.1 Å². The Balaban J connectivity index is 0.000000819. The summed E-state index contributed by atoms with van der Waals surface area (Å²) in [5.41, 5.74) is 1.83. The molecule has 3 N–H and O–H groups in total. The lowest BCUT2D eigenvalue weighted by Gasteiger charge is -2.36. The lowest BCUT2D eigenvalue weighted by Crippen LogP contribution is -2.46. The summed E-state index contributed by atoms with van der Waals surface area (Å²) >= 11 is 0. The van der Waals surface area contributed by atoms with Crippen LogP contribution < -0.4 is 5.56 Å². The van der Waals surface area contributed by atoms with Gasteiger partial charge in [0.15, 0.2) is 0 Å². The minimum absolute atomic E-state index is 0.0837. The molecule has 0 aliphatic carbocycles. The average molecular weight is 468 g/mol. The van der Waals surface area contributed by atoms with Crippen molar-refractivity contribution in [2.75, 3.05) is 33.7 Å². The molecule has 2 aliphatic rings. The van der Waals surface area contributed by atoms with Crippen molar-refractivity contribution in [3.63, 3.8) is 0 Å². The highest BCUT2D eigenvalue weighted by Crippen LogP contribution is 2.43. The Bertz CT molecular complexity index is 911. The number of aryl methyl sites for hydroxylation is 1. The smallest absolute Gasteiger partial charge is 0.312 e. The van der Waals surface area contributed by atoms with Gasteiger partial charge in [-0.15, -0.1) is 0 Å². The number of rotatable bonds is 3. The number of nitrogens with zero attached hydrogens (tertiary/aromatic N) is 2. The summed E-state index contributed by atoms with van der Waals surface area (Å²) < 4.78 is 5.57. The number of carboxylic acid groups (broad SMARTS) is 2. The first-order valence-electron chi connectivity index (χ1n) is 10.5. The van der Waals surface area contributed by atoms with E-state index in [4.69, 9.17) is 24.5 Å². The predicted octanol–water partition coefficient (Wildman–Crippen LogP) is 0.801. The van der Waals surface area contributed by atoms with Gasteiger partial charge in [0, 0.05) is 31.7 Å². The van der Waals surface area contributed by atoms with Crippen molar-refractivity contribution in [1.82, 2.24) is 14.8 Å². The molecule has 3 heterocycles. The number of H-pyrrole nitrogens is 1. The Morgan fingerprint density at radius 3 is 2.12 bits per heavy atom. The van der Waals surface area contributed by atoms with E-state index < -0.39 is 5.41 Å². The number of likely N-dealkylation sites (tertiary alicyclic amines) is 1. The molecule has 33 heavy (non-hydrogen) atoms. The highest BCUT2D eigenvalue weighted by molar-refractivity contribution is 5.96. The number of pyridine rings is 1. The third-order valence-electron chi connectivity index (χ3n) is 6.14. The Kier molecular flexibility index (Phi) is 10.2. The van der Waals surface area contributed by atoms with Gasteiger partial charge >= 0.3 is 5.97 Å². The van der Waals surface area contributed by atoms with Gasteiger partial charge in [-0.3, -0.25) is 24.0 Å². The number of amides is 1. The maximum absolute atomic E-state index is 13.0. The normalized spacial score (nSPS) is 18.5. The molecule has 184 valence electrons. The maximum Gasteiger partial charge on any atom is 0.312 e. The number of aromatic nitrogens is 1. The largest absolute Gasteiger partial charge is 0.483 e. The fourth-order valence-electron chi connectivity index (χ4n) is 4.27. The second kappa shape index (κ2) is 12.1. The predicted molar refractivity (Wildman–Crippen MR) is 119 cm³/mol. The number of cyclic esters (lactones) is 1. The van der Waals surface area contributed by atoms with Crippen LogP contribution in [0.3, 0.4) is 0 Å². The highest BCUT2D eigenvalue weighted by Gasteiger charge is 2.51. The lowest BCUT2D eigenvalue weighted by atomic mass is 9.76. The number of likely N-dealkylation sites (N-methyl/N-ethyl adjacent to an activating group) is 1. The maximum atomic E-state index is 13.0. The van der Waals surface area contributed by atoms with Crippen molar-refractivity contribution in [3.05, 3.63) is 32.7 Å². The van der Waals surface area contributed by atoms with Crippen molar-refractivity contribution in [2.24, 2.45) is 5.41 Å². The molecule has 1 aromatic rings. The number of ether oxygens (including phenoxy) is 1. The third kappa shape index (κ3) is 6.64. The Hall–Kier alpha value is -3.21. The van der Waals surface area contributed by atoms with E-state index in [0.717, 1.165) is 16.8 Å². The van der Waals surface area contributed by atoms with Crippen LogP contribution in [-0.2, 0) is 19.1 Å². The van der Waals surface area contributed by atoms with E-state index >= 15 is 0 Å². The molecule has 1 spiro atoms. The molecule has 11 nitrogen and oxygen atoms in total. The van der Waals surface area contributed by atoms with E-state index in [1.165, 1.54) is 0 Å². The molecule has 0 aromatic carbocycles. The number of esters is 1. The van der Waals surface area contributed by atoms with E-state index in [1.807, 2.05) is 39.8 Å². The molecular formula is C22H33N3O8. The van der Waals surface area contributed by atoms with Crippen LogP contribution in [0.15, 0.2) is 4.79 Å². The van der Waals surface area contributed by atoms with Crippen LogP contribution in [0.5, 0.6) is 0 Å². The molecule has 11 heteroatoms. The zero-order chi connectivity index (χ0) is 25.3. The Morgan fingerprint density at radius 2 is 1.64 bits per heavy atom. The van der Waals surface area contributed by atoms with Crippen molar-refractivity contribution < 1.29 is 34.1 Å². The number of carbonyl (C=O) groups is 4. The first-order chi connectivity index (χ1) is 15.5. The zero-order valence-corrected chi connectivity index (χ0v) is 19.7. The van der Waals surface area contributed by atoms with Crippen LogP contribution in [0.25, 0.3) is 0 Å². The number of hydrogen-bond donors (Lipinski definition) is 3. The van der Waals surface area contributed by atoms with Crippen LogP contribution >= 0.6 is 0 Å². The van der Waals surface area contributed by atoms with E-state index in [0.29, 0.717) is 38.9 Å². The first-order valence-corrected chi connectivity index (χ1v) is 10.5. The quantitative estimate of drug-likeness (QED) is 0.432. The van der Waals surface area contributed by atoms with Gasteiger partial charge in [0.2, 0.25) is 0 Å². The monoisotopic (exact) mass is 467 g/mol. The van der Waals surface area contributed by atoms with E-state index in [1.54, 1.807) is 4.90 Å². The minimum Gasteiger partial charge on any atom is -0.483 e. The molecule has 2 saturated heterocycles. The van der Waals surface area contributed by atoms with E-state index in [9.17, 15) is 14.4 Å². The number of nitrogens with one attached hydrogen (secondary N) is 1. The molecule has 1 amide bonds. The molecule has 3 rings (SSSR count). The van der Waals surface area contributed by atoms with Crippen LogP contribution in [0.2, 0.25) is 0 Å². The minimum atomic E-state index is -0.484. The summed E-state index contributed by atoms with van der Waals surface area (Å²) in [7, 11) is 3.92. The molecule has 1 aromatic heterocycles. The number of hydrogen-bond acceptors (Lipinski definition) is 7. The Labute approximate surface area is 192 Å². The summed E-state index contributed by atoms with van der Waals surface area (Å²) in [4.78, 5) is 61.0. The van der Waals surface area contributed by atoms with Crippen molar-refractivity contribution >= 4 is 24.8 Å². The van der Waals surface area contributed by atoms with Gasteiger partial charge in [-0.1, -0.05) is 0 Å². The van der Waals surface area contributed by atoms with Crippen LogP contribution in [-0.4, -0.2) is 89.7 Å². The zero-order valence-electron chi connectivity index (χ0n) is 19.7. The second-order valence-corrected chi connectivity index (χ2v) is 8.48. The molecule has 1 unspecified atom stereocenters. The standard InChI is InChI=1S/C20H29N3O4.2CH2O2/c1-12-13(2)16(17(24)21-14(12)3)18(25)23-8-6-20(7-9-23)10-15(11-22(4)5)27-19(20)26;2*2-1-3/h15H,6-11H2,1-5H3,(H,21,24);2*1H,(H,2,3). The second-order valence-electron chi connectivity index (χ2n) is 8.48. The van der Waals surface area contributed by atoms with Gasteiger partial charge in [-0.05, 0) is 58.8 Å². The summed E-state index contributed by atoms with van der Waals surface area (Å²) in [5.74, 6) is -0.385. The molecule has 2 fully saturated rings. The number of piperidine rings is 1. The average Bonchev–Trinajstić information content (AvgIpc) is 3.01. The van der Waals surface area contributed by atoms with Crippen molar-refractivity contribution in [3.8, 4) is 0 Å². The fraction of sp³-hybridized carbons (Fsp3) is 0.591. The topological polar surface area (TPSA) is 157 Å². The molecular weight excluding hydrogens is 434 g/mol. The molecule has 2 aliphatic heterocycles. The van der Waals surface area contributed by atoms with E-state index in [2.05, 4.69) is 4.98 Å². The van der Waals surface area contributed by atoms with Crippen LogP contribution in [0, 0.1) is 26.2 Å². The third-order valence-corrected chi connectivity index (χ3v) is 6.14. The van der Waals surface area contributed by atoms with Crippen LogP contribution in [0.4, 0.5) is 0 Å². The van der Waals surface area contributed by atoms with Gasteiger partial charge in [0.1, 0.15) is 11.7 Å². The van der Waals surface area contributed by atoms with Gasteiger partial charge in [0.25, 0.3) is 24.4 Å². The lowest BCUT2D eigenvalue weighted by molar-refractivity contribution is -0.150. The SMILES string of the molecule is Cc1[nH]c(=O)c(C(=O)N2CCC3(CC2)CC(CN(C)C)OC3=O)c(C)c1C.O=CO.O=CO. The molecule has 0 radical (unpaired) electrons. The van der Waals surface area contributed by atoms with Gasteiger partial charge in [-0.25, -0.2) is 0 Å². The van der Waals surface area contributed by atoms with Crippen molar-refractivity contribution in [1.29, 1.82) is 0 Å². The number of aromatic amines is 1. The molecule has 0 saturated carbocycles.